The second-order valence-corrected chi connectivity index (χ2v) is 5.34. The van der Waals surface area contributed by atoms with Crippen LogP contribution in [0.1, 0.15) is 12.5 Å². The van der Waals surface area contributed by atoms with Crippen molar-refractivity contribution in [3.05, 3.63) is 59.7 Å². The zero-order valence-corrected chi connectivity index (χ0v) is 14.6. The molecule has 138 valence electrons. The molecule has 0 unspecified atom stereocenters. The minimum Gasteiger partial charge on any atom is -0.494 e. The van der Waals surface area contributed by atoms with Crippen LogP contribution in [-0.2, 0) is 9.59 Å². The van der Waals surface area contributed by atoms with Gasteiger partial charge in [-0.3, -0.25) is 4.79 Å². The molecular weight excluding hydrogens is 348 g/mol. The summed E-state index contributed by atoms with van der Waals surface area (Å²) in [4.78, 5) is 22.8. The minimum atomic E-state index is -1.07. The lowest BCUT2D eigenvalue weighted by atomic mass is 10.1. The van der Waals surface area contributed by atoms with Crippen LogP contribution in [0, 0.1) is 11.3 Å². The van der Waals surface area contributed by atoms with Gasteiger partial charge in [0.25, 0.3) is 5.91 Å². The lowest BCUT2D eigenvalue weighted by molar-refractivity contribution is -0.139. The van der Waals surface area contributed by atoms with Gasteiger partial charge in [-0.15, -0.1) is 0 Å². The predicted octanol–water partition coefficient (Wildman–Crippen LogP) is 3.09. The quantitative estimate of drug-likeness (QED) is 0.549. The zero-order chi connectivity index (χ0) is 19.6. The molecule has 0 fully saturated rings. The number of carboxylic acid groups (broad SMARTS) is 1. The van der Waals surface area contributed by atoms with Crippen molar-refractivity contribution in [3.63, 3.8) is 0 Å². The van der Waals surface area contributed by atoms with Crippen LogP contribution < -0.4 is 14.8 Å². The highest BCUT2D eigenvalue weighted by molar-refractivity contribution is 6.09. The molecule has 2 rings (SSSR count). The van der Waals surface area contributed by atoms with Gasteiger partial charge in [0.2, 0.25) is 0 Å². The smallest absolute Gasteiger partial charge is 0.341 e. The van der Waals surface area contributed by atoms with E-state index in [0.29, 0.717) is 29.4 Å². The van der Waals surface area contributed by atoms with Crippen LogP contribution in [0.5, 0.6) is 11.5 Å². The molecule has 0 atom stereocenters. The summed E-state index contributed by atoms with van der Waals surface area (Å²) in [6.07, 6.45) is 1.43. The average Bonchev–Trinajstić information content (AvgIpc) is 2.65. The number of ether oxygens (including phenoxy) is 2. The van der Waals surface area contributed by atoms with Crippen molar-refractivity contribution in [3.8, 4) is 17.6 Å². The van der Waals surface area contributed by atoms with Gasteiger partial charge >= 0.3 is 5.97 Å². The van der Waals surface area contributed by atoms with Gasteiger partial charge < -0.3 is 19.9 Å². The highest BCUT2D eigenvalue weighted by Crippen LogP contribution is 2.19. The number of nitrogens with zero attached hydrogens (tertiary/aromatic N) is 1. The molecule has 0 aliphatic rings. The van der Waals surface area contributed by atoms with Crippen molar-refractivity contribution in [2.45, 2.75) is 6.92 Å². The Morgan fingerprint density at radius 2 is 1.89 bits per heavy atom. The van der Waals surface area contributed by atoms with Gasteiger partial charge in [-0.05, 0) is 42.8 Å². The number of benzene rings is 2. The standard InChI is InChI=1S/C20H18N2O5/c1-2-26-18-5-3-4-16(11-18)22-20(25)15(12-21)10-14-6-8-17(9-7-14)27-13-19(23)24/h3-11H,2,13H2,1H3,(H,22,25)(H,23,24)/b15-10-. The van der Waals surface area contributed by atoms with E-state index in [2.05, 4.69) is 5.32 Å². The van der Waals surface area contributed by atoms with Crippen molar-refractivity contribution in [2.75, 3.05) is 18.5 Å². The maximum atomic E-state index is 12.3. The molecule has 27 heavy (non-hydrogen) atoms. The molecule has 0 heterocycles. The number of aliphatic carboxylic acids is 1. The first-order valence-corrected chi connectivity index (χ1v) is 8.12. The predicted molar refractivity (Wildman–Crippen MR) is 99.4 cm³/mol. The first-order chi connectivity index (χ1) is 13.0. The third kappa shape index (κ3) is 6.21. The van der Waals surface area contributed by atoms with Gasteiger partial charge in [-0.25, -0.2) is 4.79 Å². The molecule has 2 aromatic carbocycles. The zero-order valence-electron chi connectivity index (χ0n) is 14.6. The fourth-order valence-electron chi connectivity index (χ4n) is 2.15. The Morgan fingerprint density at radius 3 is 2.52 bits per heavy atom. The van der Waals surface area contributed by atoms with Crippen LogP contribution >= 0.6 is 0 Å². The molecule has 0 aliphatic carbocycles. The number of hydrogen-bond donors (Lipinski definition) is 2. The SMILES string of the molecule is CCOc1cccc(NC(=O)/C(C#N)=C\c2ccc(OCC(=O)O)cc2)c1. The number of carboxylic acids is 1. The van der Waals surface area contributed by atoms with Gasteiger partial charge in [0.05, 0.1) is 6.61 Å². The molecular formula is C20H18N2O5. The number of amides is 1. The normalized spacial score (nSPS) is 10.6. The van der Waals surface area contributed by atoms with Crippen LogP contribution in [0.2, 0.25) is 0 Å². The van der Waals surface area contributed by atoms with E-state index in [9.17, 15) is 14.9 Å². The highest BCUT2D eigenvalue weighted by Gasteiger charge is 2.10. The summed E-state index contributed by atoms with van der Waals surface area (Å²) in [5, 5.41) is 20.5. The van der Waals surface area contributed by atoms with E-state index in [1.54, 1.807) is 48.5 Å². The molecule has 0 saturated heterocycles. The maximum Gasteiger partial charge on any atom is 0.341 e. The molecule has 2 aromatic rings. The fraction of sp³-hybridized carbons (Fsp3) is 0.150. The minimum absolute atomic E-state index is 0.0731. The average molecular weight is 366 g/mol. The number of nitriles is 1. The van der Waals surface area contributed by atoms with E-state index in [1.807, 2.05) is 13.0 Å². The van der Waals surface area contributed by atoms with Gasteiger partial charge in [0.1, 0.15) is 23.1 Å². The number of carbonyl (C=O) groups is 2. The molecule has 7 nitrogen and oxygen atoms in total. The lowest BCUT2D eigenvalue weighted by Crippen LogP contribution is -2.13. The number of rotatable bonds is 8. The second kappa shape index (κ2) is 9.63. The van der Waals surface area contributed by atoms with E-state index in [4.69, 9.17) is 14.6 Å². The molecule has 0 radical (unpaired) electrons. The van der Waals surface area contributed by atoms with Gasteiger partial charge in [0, 0.05) is 11.8 Å². The van der Waals surface area contributed by atoms with Crippen LogP contribution in [0.25, 0.3) is 6.08 Å². The van der Waals surface area contributed by atoms with Crippen molar-refractivity contribution in [1.82, 2.24) is 0 Å². The molecule has 1 amide bonds. The van der Waals surface area contributed by atoms with E-state index in [-0.39, 0.29) is 5.57 Å². The number of anilines is 1. The van der Waals surface area contributed by atoms with Crippen LogP contribution in [0.3, 0.4) is 0 Å². The van der Waals surface area contributed by atoms with E-state index in [0.717, 1.165) is 0 Å². The fourth-order valence-corrected chi connectivity index (χ4v) is 2.15. The Hall–Kier alpha value is -3.79. The Balaban J connectivity index is 2.08. The largest absolute Gasteiger partial charge is 0.494 e. The Bertz CT molecular complexity index is 882. The molecule has 0 bridgehead atoms. The summed E-state index contributed by atoms with van der Waals surface area (Å²) < 4.78 is 10.4. The summed E-state index contributed by atoms with van der Waals surface area (Å²) >= 11 is 0. The molecule has 0 spiro atoms. The summed E-state index contributed by atoms with van der Waals surface area (Å²) in [7, 11) is 0. The van der Waals surface area contributed by atoms with Gasteiger partial charge in [-0.2, -0.15) is 5.26 Å². The molecule has 0 aliphatic heterocycles. The third-order valence-electron chi connectivity index (χ3n) is 3.32. The van der Waals surface area contributed by atoms with Crippen molar-refractivity contribution < 1.29 is 24.2 Å². The molecule has 0 aromatic heterocycles. The lowest BCUT2D eigenvalue weighted by Gasteiger charge is -2.07. The topological polar surface area (TPSA) is 109 Å². The first-order valence-electron chi connectivity index (χ1n) is 8.12. The Kier molecular flexibility index (Phi) is 6.97. The van der Waals surface area contributed by atoms with Gasteiger partial charge in [-0.1, -0.05) is 18.2 Å². The first kappa shape index (κ1) is 19.5. The molecule has 0 saturated carbocycles. The van der Waals surface area contributed by atoms with Crippen molar-refractivity contribution >= 4 is 23.6 Å². The van der Waals surface area contributed by atoms with Crippen LogP contribution in [-0.4, -0.2) is 30.2 Å². The number of carbonyl (C=O) groups excluding carboxylic acids is 1. The summed E-state index contributed by atoms with van der Waals surface area (Å²) in [5.41, 5.74) is 1.05. The van der Waals surface area contributed by atoms with E-state index >= 15 is 0 Å². The summed E-state index contributed by atoms with van der Waals surface area (Å²) in [6, 6.07) is 15.1. The second-order valence-electron chi connectivity index (χ2n) is 5.34. The third-order valence-corrected chi connectivity index (χ3v) is 3.32. The molecule has 2 N–H and O–H groups in total. The summed E-state index contributed by atoms with van der Waals surface area (Å²) in [5.74, 6) is -0.617. The van der Waals surface area contributed by atoms with Crippen molar-refractivity contribution in [2.24, 2.45) is 0 Å². The summed E-state index contributed by atoms with van der Waals surface area (Å²) in [6.45, 7) is 1.93. The van der Waals surface area contributed by atoms with E-state index < -0.39 is 18.5 Å². The maximum absolute atomic E-state index is 12.3. The monoisotopic (exact) mass is 366 g/mol. The number of nitrogens with one attached hydrogen (secondary N) is 1. The van der Waals surface area contributed by atoms with Crippen LogP contribution in [0.4, 0.5) is 5.69 Å². The molecule has 7 heteroatoms. The Morgan fingerprint density at radius 1 is 1.15 bits per heavy atom. The van der Waals surface area contributed by atoms with Crippen molar-refractivity contribution in [1.29, 1.82) is 5.26 Å². The van der Waals surface area contributed by atoms with Gasteiger partial charge in [0.15, 0.2) is 6.61 Å². The van der Waals surface area contributed by atoms with E-state index in [1.165, 1.54) is 6.08 Å². The number of hydrogen-bond acceptors (Lipinski definition) is 5. The van der Waals surface area contributed by atoms with Crippen LogP contribution in [0.15, 0.2) is 54.1 Å². The highest BCUT2D eigenvalue weighted by atomic mass is 16.5. The Labute approximate surface area is 156 Å².